The minimum absolute atomic E-state index is 0.0443. The summed E-state index contributed by atoms with van der Waals surface area (Å²) in [5.41, 5.74) is 3.65. The molecule has 21 heavy (non-hydrogen) atoms. The van der Waals surface area contributed by atoms with E-state index in [4.69, 9.17) is 16.6 Å². The highest BCUT2D eigenvalue weighted by atomic mass is 35.5. The van der Waals surface area contributed by atoms with Gasteiger partial charge in [-0.25, -0.2) is 4.98 Å². The molecule has 0 amide bonds. The Morgan fingerprint density at radius 3 is 2.81 bits per heavy atom. The van der Waals surface area contributed by atoms with Crippen LogP contribution in [0, 0.1) is 12.8 Å². The van der Waals surface area contributed by atoms with Gasteiger partial charge in [0.2, 0.25) is 0 Å². The quantitative estimate of drug-likeness (QED) is 0.657. The number of hydrogen-bond donors (Lipinski definition) is 0. The molecule has 2 aromatic rings. The number of rotatable bonds is 3. The van der Waals surface area contributed by atoms with Crippen molar-refractivity contribution in [3.05, 3.63) is 29.6 Å². The Balaban J connectivity index is 2.18. The third kappa shape index (κ3) is 2.70. The molecule has 1 aliphatic carbocycles. The highest BCUT2D eigenvalue weighted by molar-refractivity contribution is 6.20. The maximum atomic E-state index is 6.45. The van der Waals surface area contributed by atoms with Crippen molar-refractivity contribution >= 4 is 22.6 Å². The third-order valence-corrected chi connectivity index (χ3v) is 5.15. The van der Waals surface area contributed by atoms with E-state index in [9.17, 15) is 0 Å². The third-order valence-electron chi connectivity index (χ3n) is 4.95. The summed E-state index contributed by atoms with van der Waals surface area (Å²) >= 11 is 6.45. The minimum atomic E-state index is -0.0443. The van der Waals surface area contributed by atoms with E-state index in [2.05, 4.69) is 36.6 Å². The van der Waals surface area contributed by atoms with E-state index in [-0.39, 0.29) is 5.38 Å². The summed E-state index contributed by atoms with van der Waals surface area (Å²) < 4.78 is 2.47. The standard InChI is InChI=1S/C18H25ClN2/c1-4-14-7-5-6-8-16(14)21-17-11-12(2)9-10-15(17)20-18(21)13(3)19/h9-11,13-14,16H,4-8H2,1-3H3. The van der Waals surface area contributed by atoms with Gasteiger partial charge in [-0.05, 0) is 50.3 Å². The van der Waals surface area contributed by atoms with Crippen molar-refractivity contribution in [3.8, 4) is 0 Å². The Bertz CT molecular complexity index is 629. The second kappa shape index (κ2) is 6.00. The fourth-order valence-corrected chi connectivity index (χ4v) is 4.01. The van der Waals surface area contributed by atoms with Crippen LogP contribution in [-0.2, 0) is 0 Å². The van der Waals surface area contributed by atoms with E-state index in [0.717, 1.165) is 17.3 Å². The lowest BCUT2D eigenvalue weighted by Gasteiger charge is -2.33. The first-order chi connectivity index (χ1) is 10.1. The molecule has 0 bridgehead atoms. The topological polar surface area (TPSA) is 17.8 Å². The average Bonchev–Trinajstić information content (AvgIpc) is 2.85. The summed E-state index contributed by atoms with van der Waals surface area (Å²) in [6.07, 6.45) is 6.53. The lowest BCUT2D eigenvalue weighted by molar-refractivity contribution is 0.233. The normalized spacial score (nSPS) is 24.4. The molecule has 0 spiro atoms. The molecule has 3 unspecified atom stereocenters. The second-order valence-corrected chi connectivity index (χ2v) is 7.12. The fourth-order valence-electron chi connectivity index (χ4n) is 3.86. The molecular weight excluding hydrogens is 280 g/mol. The molecule has 0 radical (unpaired) electrons. The van der Waals surface area contributed by atoms with Crippen LogP contribution in [0.2, 0.25) is 0 Å². The maximum Gasteiger partial charge on any atom is 0.127 e. The second-order valence-electron chi connectivity index (χ2n) is 6.47. The van der Waals surface area contributed by atoms with Gasteiger partial charge in [-0.15, -0.1) is 11.6 Å². The number of aromatic nitrogens is 2. The van der Waals surface area contributed by atoms with Gasteiger partial charge < -0.3 is 4.57 Å². The zero-order valence-corrected chi connectivity index (χ0v) is 14.0. The van der Waals surface area contributed by atoms with Gasteiger partial charge in [0.15, 0.2) is 0 Å². The zero-order valence-electron chi connectivity index (χ0n) is 13.3. The number of aryl methyl sites for hydroxylation is 1. The van der Waals surface area contributed by atoms with Crippen LogP contribution in [0.5, 0.6) is 0 Å². The van der Waals surface area contributed by atoms with Crippen molar-refractivity contribution in [2.75, 3.05) is 0 Å². The van der Waals surface area contributed by atoms with Gasteiger partial charge in [0.25, 0.3) is 0 Å². The van der Waals surface area contributed by atoms with Crippen LogP contribution in [-0.4, -0.2) is 9.55 Å². The number of nitrogens with zero attached hydrogens (tertiary/aromatic N) is 2. The van der Waals surface area contributed by atoms with Crippen molar-refractivity contribution in [1.29, 1.82) is 0 Å². The zero-order chi connectivity index (χ0) is 15.0. The molecule has 1 aliphatic rings. The summed E-state index contributed by atoms with van der Waals surface area (Å²) in [6, 6.07) is 7.10. The molecule has 1 fully saturated rings. The highest BCUT2D eigenvalue weighted by Crippen LogP contribution is 2.40. The molecule has 2 nitrogen and oxygen atoms in total. The predicted octanol–water partition coefficient (Wildman–Crippen LogP) is 5.79. The van der Waals surface area contributed by atoms with Crippen LogP contribution >= 0.6 is 11.6 Å². The van der Waals surface area contributed by atoms with E-state index >= 15 is 0 Å². The van der Waals surface area contributed by atoms with Crippen molar-refractivity contribution in [2.45, 2.75) is 64.3 Å². The van der Waals surface area contributed by atoms with Gasteiger partial charge in [-0.3, -0.25) is 0 Å². The molecule has 1 aromatic carbocycles. The number of halogens is 1. The van der Waals surface area contributed by atoms with Crippen LogP contribution in [0.4, 0.5) is 0 Å². The van der Waals surface area contributed by atoms with Crippen molar-refractivity contribution < 1.29 is 0 Å². The molecule has 0 N–H and O–H groups in total. The van der Waals surface area contributed by atoms with Crippen molar-refractivity contribution in [2.24, 2.45) is 5.92 Å². The maximum absolute atomic E-state index is 6.45. The molecule has 1 heterocycles. The van der Waals surface area contributed by atoms with Crippen LogP contribution in [0.1, 0.15) is 68.8 Å². The summed E-state index contributed by atoms with van der Waals surface area (Å²) in [4.78, 5) is 4.83. The van der Waals surface area contributed by atoms with Gasteiger partial charge >= 0.3 is 0 Å². The molecule has 1 saturated carbocycles. The molecule has 1 aromatic heterocycles. The van der Waals surface area contributed by atoms with E-state index in [1.807, 2.05) is 6.92 Å². The van der Waals surface area contributed by atoms with Crippen LogP contribution < -0.4 is 0 Å². The van der Waals surface area contributed by atoms with E-state index < -0.39 is 0 Å². The minimum Gasteiger partial charge on any atom is -0.323 e. The number of hydrogen-bond acceptors (Lipinski definition) is 1. The first-order valence-corrected chi connectivity index (χ1v) is 8.68. The van der Waals surface area contributed by atoms with Gasteiger partial charge in [0, 0.05) is 6.04 Å². The number of imidazole rings is 1. The van der Waals surface area contributed by atoms with Crippen LogP contribution in [0.3, 0.4) is 0 Å². The number of alkyl halides is 1. The van der Waals surface area contributed by atoms with Gasteiger partial charge in [-0.1, -0.05) is 32.3 Å². The molecule has 0 saturated heterocycles. The average molecular weight is 305 g/mol. The molecule has 0 aliphatic heterocycles. The Labute approximate surface area is 132 Å². The molecule has 114 valence electrons. The Morgan fingerprint density at radius 1 is 1.33 bits per heavy atom. The number of benzene rings is 1. The number of fused-ring (bicyclic) bond motifs is 1. The molecule has 3 rings (SSSR count). The van der Waals surface area contributed by atoms with E-state index in [0.29, 0.717) is 6.04 Å². The first kappa shape index (κ1) is 14.9. The summed E-state index contributed by atoms with van der Waals surface area (Å²) in [7, 11) is 0. The smallest absolute Gasteiger partial charge is 0.127 e. The molecule has 3 atom stereocenters. The van der Waals surface area contributed by atoms with Crippen molar-refractivity contribution in [1.82, 2.24) is 9.55 Å². The highest BCUT2D eigenvalue weighted by Gasteiger charge is 2.29. The van der Waals surface area contributed by atoms with Crippen LogP contribution in [0.25, 0.3) is 11.0 Å². The summed E-state index contributed by atoms with van der Waals surface area (Å²) in [6.45, 7) is 6.51. The van der Waals surface area contributed by atoms with Crippen LogP contribution in [0.15, 0.2) is 18.2 Å². The van der Waals surface area contributed by atoms with Gasteiger partial charge in [0.1, 0.15) is 5.82 Å². The largest absolute Gasteiger partial charge is 0.323 e. The Morgan fingerprint density at radius 2 is 2.10 bits per heavy atom. The predicted molar refractivity (Wildman–Crippen MR) is 90.0 cm³/mol. The monoisotopic (exact) mass is 304 g/mol. The fraction of sp³-hybridized carbons (Fsp3) is 0.611. The van der Waals surface area contributed by atoms with Crippen molar-refractivity contribution in [3.63, 3.8) is 0 Å². The Hall–Kier alpha value is -1.02. The molecule has 3 heteroatoms. The first-order valence-electron chi connectivity index (χ1n) is 8.24. The summed E-state index contributed by atoms with van der Waals surface area (Å²) in [5.74, 6) is 1.80. The molecular formula is C18H25ClN2. The lowest BCUT2D eigenvalue weighted by Crippen LogP contribution is -2.24. The lowest BCUT2D eigenvalue weighted by atomic mass is 9.82. The van der Waals surface area contributed by atoms with E-state index in [1.165, 1.54) is 43.2 Å². The van der Waals surface area contributed by atoms with Gasteiger partial charge in [0.05, 0.1) is 16.4 Å². The van der Waals surface area contributed by atoms with Gasteiger partial charge in [-0.2, -0.15) is 0 Å². The summed E-state index contributed by atoms with van der Waals surface area (Å²) in [5, 5.41) is -0.0443. The Kier molecular flexibility index (Phi) is 4.26. The van der Waals surface area contributed by atoms with E-state index in [1.54, 1.807) is 0 Å². The SMILES string of the molecule is CCC1CCCCC1n1c(C(C)Cl)nc2ccc(C)cc21.